The molecule has 132 valence electrons. The zero-order valence-corrected chi connectivity index (χ0v) is 16.9. The summed E-state index contributed by atoms with van der Waals surface area (Å²) in [5, 5.41) is 7.20. The van der Waals surface area contributed by atoms with Gasteiger partial charge in [-0.2, -0.15) is 0 Å². The molecule has 0 saturated heterocycles. The first-order valence-electron chi connectivity index (χ1n) is 7.50. The van der Waals surface area contributed by atoms with E-state index in [1.165, 1.54) is 0 Å². The number of ether oxygens (including phenoxy) is 1. The fourth-order valence-electron chi connectivity index (χ4n) is 1.97. The molecule has 0 radical (unpaired) electrons. The van der Waals surface area contributed by atoms with Crippen molar-refractivity contribution in [2.75, 3.05) is 20.1 Å². The highest BCUT2D eigenvalue weighted by molar-refractivity contribution is 14.0. The van der Waals surface area contributed by atoms with Crippen LogP contribution >= 0.6 is 35.6 Å². The van der Waals surface area contributed by atoms with Crippen molar-refractivity contribution in [3.05, 3.63) is 48.0 Å². The van der Waals surface area contributed by atoms with E-state index in [1.807, 2.05) is 42.0 Å². The van der Waals surface area contributed by atoms with Crippen LogP contribution in [0.1, 0.15) is 6.92 Å². The predicted octanol–water partition coefficient (Wildman–Crippen LogP) is 2.79. The van der Waals surface area contributed by atoms with E-state index in [9.17, 15) is 0 Å². The SMILES string of the molecule is CN=C(NCCn1ccnc1)NCC(C)Oc1ccc(Cl)cc1.I. The first kappa shape index (κ1) is 20.6. The van der Waals surface area contributed by atoms with Crippen LogP contribution in [0.5, 0.6) is 5.75 Å². The smallest absolute Gasteiger partial charge is 0.191 e. The molecule has 2 N–H and O–H groups in total. The molecule has 1 unspecified atom stereocenters. The highest BCUT2D eigenvalue weighted by Crippen LogP contribution is 2.16. The van der Waals surface area contributed by atoms with Crippen molar-refractivity contribution in [3.63, 3.8) is 0 Å². The molecule has 0 aliphatic rings. The minimum Gasteiger partial charge on any atom is -0.489 e. The Labute approximate surface area is 164 Å². The zero-order chi connectivity index (χ0) is 16.5. The second-order valence-electron chi connectivity index (χ2n) is 5.06. The Bertz CT molecular complexity index is 603. The van der Waals surface area contributed by atoms with Crippen LogP contribution in [-0.2, 0) is 6.54 Å². The summed E-state index contributed by atoms with van der Waals surface area (Å²) in [6.45, 7) is 4.24. The summed E-state index contributed by atoms with van der Waals surface area (Å²) in [5.41, 5.74) is 0. The number of halogens is 2. The van der Waals surface area contributed by atoms with Crippen LogP contribution in [-0.4, -0.2) is 41.8 Å². The van der Waals surface area contributed by atoms with Crippen molar-refractivity contribution >= 4 is 41.5 Å². The van der Waals surface area contributed by atoms with Crippen LogP contribution in [0.3, 0.4) is 0 Å². The molecule has 0 aliphatic carbocycles. The van der Waals surface area contributed by atoms with Gasteiger partial charge in [-0.25, -0.2) is 4.98 Å². The van der Waals surface area contributed by atoms with Crippen LogP contribution in [0.2, 0.25) is 5.02 Å². The number of imidazole rings is 1. The molecular weight excluding hydrogens is 441 g/mol. The average molecular weight is 464 g/mol. The van der Waals surface area contributed by atoms with Gasteiger partial charge in [-0.3, -0.25) is 4.99 Å². The van der Waals surface area contributed by atoms with Gasteiger partial charge in [0.1, 0.15) is 11.9 Å². The van der Waals surface area contributed by atoms with Crippen LogP contribution in [0.25, 0.3) is 0 Å². The van der Waals surface area contributed by atoms with Gasteiger partial charge in [0, 0.05) is 37.6 Å². The number of guanidine groups is 1. The summed E-state index contributed by atoms with van der Waals surface area (Å²) in [6, 6.07) is 7.34. The molecule has 0 saturated carbocycles. The minimum absolute atomic E-state index is 0. The van der Waals surface area contributed by atoms with Gasteiger partial charge in [0.05, 0.1) is 12.9 Å². The Morgan fingerprint density at radius 2 is 2.08 bits per heavy atom. The first-order chi connectivity index (χ1) is 11.2. The van der Waals surface area contributed by atoms with Gasteiger partial charge >= 0.3 is 0 Å². The molecule has 0 amide bonds. The van der Waals surface area contributed by atoms with Crippen LogP contribution < -0.4 is 15.4 Å². The summed E-state index contributed by atoms with van der Waals surface area (Å²) in [5.74, 6) is 1.54. The highest BCUT2D eigenvalue weighted by atomic mass is 127. The summed E-state index contributed by atoms with van der Waals surface area (Å²) in [7, 11) is 1.75. The van der Waals surface area contributed by atoms with Gasteiger partial charge in [-0.05, 0) is 31.2 Å². The third kappa shape index (κ3) is 7.39. The quantitative estimate of drug-likeness (QED) is 0.377. The van der Waals surface area contributed by atoms with Gasteiger partial charge in [0.2, 0.25) is 0 Å². The van der Waals surface area contributed by atoms with E-state index in [4.69, 9.17) is 16.3 Å². The summed E-state index contributed by atoms with van der Waals surface area (Å²) in [6.07, 6.45) is 5.49. The Balaban J connectivity index is 0.00000288. The van der Waals surface area contributed by atoms with Crippen LogP contribution in [0.15, 0.2) is 48.0 Å². The number of nitrogens with one attached hydrogen (secondary N) is 2. The topological polar surface area (TPSA) is 63.5 Å². The molecule has 0 aliphatic heterocycles. The van der Waals surface area contributed by atoms with Gasteiger partial charge in [-0.15, -0.1) is 24.0 Å². The lowest BCUT2D eigenvalue weighted by atomic mass is 10.3. The van der Waals surface area contributed by atoms with E-state index in [0.717, 1.165) is 24.8 Å². The van der Waals surface area contributed by atoms with E-state index >= 15 is 0 Å². The third-order valence-electron chi connectivity index (χ3n) is 3.15. The van der Waals surface area contributed by atoms with Crippen molar-refractivity contribution in [1.82, 2.24) is 20.2 Å². The third-order valence-corrected chi connectivity index (χ3v) is 3.41. The maximum atomic E-state index is 5.86. The molecule has 1 aromatic heterocycles. The number of hydrogen-bond acceptors (Lipinski definition) is 3. The monoisotopic (exact) mass is 463 g/mol. The molecule has 1 heterocycles. The Morgan fingerprint density at radius 1 is 1.33 bits per heavy atom. The number of aromatic nitrogens is 2. The average Bonchev–Trinajstić information content (AvgIpc) is 3.06. The fourth-order valence-corrected chi connectivity index (χ4v) is 2.10. The molecule has 0 fully saturated rings. The number of rotatable bonds is 7. The maximum absolute atomic E-state index is 5.86. The lowest BCUT2D eigenvalue weighted by Gasteiger charge is -2.18. The maximum Gasteiger partial charge on any atom is 0.191 e. The molecular formula is C16H23ClIN5O. The zero-order valence-electron chi connectivity index (χ0n) is 13.8. The molecule has 0 spiro atoms. The van der Waals surface area contributed by atoms with Gasteiger partial charge in [0.15, 0.2) is 5.96 Å². The standard InChI is InChI=1S/C16H22ClN5O.HI/c1-13(23-15-5-3-14(17)4-6-15)11-21-16(18-2)20-8-10-22-9-7-19-12-22;/h3-7,9,12-13H,8,10-11H2,1-2H3,(H2,18,20,21);1H. The van der Waals surface area contributed by atoms with Crippen molar-refractivity contribution in [2.45, 2.75) is 19.6 Å². The van der Waals surface area contributed by atoms with Crippen LogP contribution in [0, 0.1) is 0 Å². The van der Waals surface area contributed by atoms with E-state index < -0.39 is 0 Å². The summed E-state index contributed by atoms with van der Waals surface area (Å²) >= 11 is 5.86. The molecule has 8 heteroatoms. The number of aliphatic imine (C=N–C) groups is 1. The molecule has 2 rings (SSSR count). The number of nitrogens with zero attached hydrogens (tertiary/aromatic N) is 3. The second-order valence-corrected chi connectivity index (χ2v) is 5.50. The van der Waals surface area contributed by atoms with Crippen molar-refractivity contribution in [2.24, 2.45) is 4.99 Å². The Hall–Kier alpha value is -1.48. The summed E-state index contributed by atoms with van der Waals surface area (Å²) < 4.78 is 7.82. The van der Waals surface area contributed by atoms with Gasteiger partial charge < -0.3 is 19.9 Å². The van der Waals surface area contributed by atoms with E-state index in [0.29, 0.717) is 11.6 Å². The molecule has 1 aromatic carbocycles. The normalized spacial score (nSPS) is 12.2. The lowest BCUT2D eigenvalue weighted by Crippen LogP contribution is -2.42. The lowest BCUT2D eigenvalue weighted by molar-refractivity contribution is 0.224. The number of benzene rings is 1. The minimum atomic E-state index is 0. The molecule has 24 heavy (non-hydrogen) atoms. The van der Waals surface area contributed by atoms with Crippen molar-refractivity contribution < 1.29 is 4.74 Å². The summed E-state index contributed by atoms with van der Waals surface area (Å²) in [4.78, 5) is 8.20. The molecule has 6 nitrogen and oxygen atoms in total. The second kappa shape index (κ2) is 11.1. The predicted molar refractivity (Wildman–Crippen MR) is 109 cm³/mol. The largest absolute Gasteiger partial charge is 0.489 e. The van der Waals surface area contributed by atoms with Crippen molar-refractivity contribution in [3.8, 4) is 5.75 Å². The van der Waals surface area contributed by atoms with Gasteiger partial charge in [-0.1, -0.05) is 11.6 Å². The first-order valence-corrected chi connectivity index (χ1v) is 7.87. The van der Waals surface area contributed by atoms with Crippen molar-refractivity contribution in [1.29, 1.82) is 0 Å². The van der Waals surface area contributed by atoms with Gasteiger partial charge in [0.25, 0.3) is 0 Å². The van der Waals surface area contributed by atoms with E-state index in [-0.39, 0.29) is 30.1 Å². The van der Waals surface area contributed by atoms with E-state index in [1.54, 1.807) is 19.6 Å². The highest BCUT2D eigenvalue weighted by Gasteiger charge is 2.05. The van der Waals surface area contributed by atoms with Crippen LogP contribution in [0.4, 0.5) is 0 Å². The Kier molecular flexibility index (Phi) is 9.55. The fraction of sp³-hybridized carbons (Fsp3) is 0.375. The molecule has 2 aromatic rings. The Morgan fingerprint density at radius 3 is 2.71 bits per heavy atom. The molecule has 1 atom stereocenters. The molecule has 0 bridgehead atoms. The van der Waals surface area contributed by atoms with E-state index in [2.05, 4.69) is 20.6 Å². The number of hydrogen-bond donors (Lipinski definition) is 2.